The van der Waals surface area contributed by atoms with E-state index in [1.807, 2.05) is 0 Å². The van der Waals surface area contributed by atoms with Crippen LogP contribution in [0, 0.1) is 92.7 Å². The number of rotatable bonds is 16. The average molecular weight is 1070 g/mol. The first-order valence-corrected chi connectivity index (χ1v) is 32.0. The topological polar surface area (TPSA) is 161 Å². The van der Waals surface area contributed by atoms with E-state index in [9.17, 15) is 14.7 Å². The van der Waals surface area contributed by atoms with Crippen LogP contribution in [0.1, 0.15) is 171 Å². The van der Waals surface area contributed by atoms with Gasteiger partial charge in [-0.05, 0) is 183 Å². The summed E-state index contributed by atoms with van der Waals surface area (Å²) in [4.78, 5) is 25.9. The number of hydrogen-bond acceptors (Lipinski definition) is 11. The molecular weight excluding hydrogens is 967 g/mol. The van der Waals surface area contributed by atoms with Gasteiger partial charge in [0.25, 0.3) is 0 Å². The highest BCUT2D eigenvalue weighted by Crippen LogP contribution is 2.71. The third-order valence-corrected chi connectivity index (χ3v) is 24.8. The molecule has 77 heavy (non-hydrogen) atoms. The molecule has 0 radical (unpaired) electrons. The smallest absolute Gasteiger partial charge is 0.407 e. The molecule has 0 aromatic carbocycles. The molecular formula is C64H105N5O8. The number of amides is 2. The van der Waals surface area contributed by atoms with Gasteiger partial charge in [-0.2, -0.15) is 0 Å². The maximum atomic E-state index is 12.9. The molecule has 8 aliphatic carbocycles. The zero-order valence-corrected chi connectivity index (χ0v) is 49.1. The van der Waals surface area contributed by atoms with Gasteiger partial charge in [-0.3, -0.25) is 0 Å². The summed E-state index contributed by atoms with van der Waals surface area (Å²) >= 11 is 0. The van der Waals surface area contributed by atoms with Crippen LogP contribution >= 0.6 is 0 Å². The van der Waals surface area contributed by atoms with Crippen LogP contribution in [0.3, 0.4) is 0 Å². The first-order chi connectivity index (χ1) is 37.0. The number of carbonyl (C=O) groups is 2. The van der Waals surface area contributed by atoms with Crippen molar-refractivity contribution in [1.82, 2.24) is 26.6 Å². The van der Waals surface area contributed by atoms with Crippen molar-refractivity contribution in [2.45, 2.75) is 207 Å². The van der Waals surface area contributed by atoms with Gasteiger partial charge < -0.3 is 55.4 Å². The molecule has 0 bridgehead atoms. The van der Waals surface area contributed by atoms with Gasteiger partial charge in [-0.1, -0.05) is 78.7 Å². The maximum absolute atomic E-state index is 12.9. The summed E-state index contributed by atoms with van der Waals surface area (Å²) in [5, 5.41) is 28.0. The maximum Gasteiger partial charge on any atom is 0.407 e. The van der Waals surface area contributed by atoms with Gasteiger partial charge in [0.2, 0.25) is 0 Å². The zero-order chi connectivity index (χ0) is 53.9. The Hall–Kier alpha value is -2.26. The number of carbonyl (C=O) groups excluding carboxylic acids is 2. The highest BCUT2D eigenvalue weighted by molar-refractivity contribution is 5.67. The Kier molecular flexibility index (Phi) is 16.8. The SMILES string of the molecule is C[C@H]1CC[C@H]([C@@H](C)[C@H]2[C@@H](O)C[C@H]3[C@@H]4CC=C5C[C@@H](OC(=O)NCCNCCNCCNCCNC(=O)O[C@H]6CC[C@@]7(C)C(=CC[C@H]8[C@@H]9C[C@@H]%10O[C@@]%11(CC[C@H](C)CO%11)[C@@H](C)[C@@H]%10[C@@]9(C)CC[C@@H]87)C6)CC[C@]5(C)[C@H]4CC[C@]23C)OC1. The van der Waals surface area contributed by atoms with Gasteiger partial charge in [0.1, 0.15) is 12.2 Å². The van der Waals surface area contributed by atoms with E-state index >= 15 is 0 Å². The zero-order valence-electron chi connectivity index (χ0n) is 49.1. The molecule has 6 saturated carbocycles. The first kappa shape index (κ1) is 56.6. The van der Waals surface area contributed by atoms with Gasteiger partial charge in [0.05, 0.1) is 24.9 Å². The van der Waals surface area contributed by atoms with Crippen molar-refractivity contribution >= 4 is 12.2 Å². The summed E-state index contributed by atoms with van der Waals surface area (Å²) in [7, 11) is 0. The molecule has 11 rings (SSSR count). The molecule has 2 amide bonds. The van der Waals surface area contributed by atoms with Crippen LogP contribution in [0.2, 0.25) is 0 Å². The number of hydrogen-bond donors (Lipinski definition) is 6. The van der Waals surface area contributed by atoms with Crippen molar-refractivity contribution < 1.29 is 38.4 Å². The summed E-state index contributed by atoms with van der Waals surface area (Å²) in [5.41, 5.74) is 3.86. The summed E-state index contributed by atoms with van der Waals surface area (Å²) < 4.78 is 32.0. The second-order valence-electron chi connectivity index (χ2n) is 29.0. The molecule has 13 heteroatoms. The van der Waals surface area contributed by atoms with E-state index in [2.05, 4.69) is 94.1 Å². The van der Waals surface area contributed by atoms with Gasteiger partial charge in [0.15, 0.2) is 5.79 Å². The number of allylic oxidation sites excluding steroid dienone is 2. The van der Waals surface area contributed by atoms with Crippen LogP contribution in [0.5, 0.6) is 0 Å². The fourth-order valence-electron chi connectivity index (χ4n) is 20.6. The molecule has 1 spiro atoms. The Morgan fingerprint density at radius 1 is 0.636 bits per heavy atom. The van der Waals surface area contributed by atoms with Crippen LogP contribution in [0.15, 0.2) is 23.3 Å². The molecule has 3 saturated heterocycles. The summed E-state index contributed by atoms with van der Waals surface area (Å²) in [5.74, 6) is 6.55. The predicted molar refractivity (Wildman–Crippen MR) is 301 cm³/mol. The summed E-state index contributed by atoms with van der Waals surface area (Å²) in [6.45, 7) is 27.0. The number of alkyl carbamates (subject to hydrolysis) is 2. The second kappa shape index (κ2) is 22.8. The quantitative estimate of drug-likeness (QED) is 0.0645. The summed E-state index contributed by atoms with van der Waals surface area (Å²) in [6.07, 6.45) is 24.4. The van der Waals surface area contributed by atoms with Gasteiger partial charge in [-0.15, -0.1) is 0 Å². The second-order valence-corrected chi connectivity index (χ2v) is 29.0. The normalized spacial score (nSPS) is 47.1. The number of fused-ring (bicyclic) bond motifs is 12. The Morgan fingerprint density at radius 3 is 1.70 bits per heavy atom. The minimum atomic E-state index is -0.353. The highest BCUT2D eigenvalue weighted by atomic mass is 16.7. The average Bonchev–Trinajstić information content (AvgIpc) is 4.04. The lowest BCUT2D eigenvalue weighted by atomic mass is 9.47. The number of nitrogens with one attached hydrogen (secondary N) is 5. The van der Waals surface area contributed by atoms with Crippen molar-refractivity contribution in [3.05, 3.63) is 23.3 Å². The lowest BCUT2D eigenvalue weighted by molar-refractivity contribution is -0.272. The molecule has 3 heterocycles. The van der Waals surface area contributed by atoms with Crippen LogP contribution in [0.4, 0.5) is 9.59 Å². The number of ether oxygens (including phenoxy) is 5. The number of aliphatic hydroxyl groups is 1. The van der Waals surface area contributed by atoms with Crippen LogP contribution in [-0.4, -0.2) is 119 Å². The van der Waals surface area contributed by atoms with E-state index in [-0.39, 0.29) is 58.6 Å². The highest BCUT2D eigenvalue weighted by Gasteiger charge is 2.69. The van der Waals surface area contributed by atoms with Crippen LogP contribution < -0.4 is 26.6 Å². The van der Waals surface area contributed by atoms with E-state index in [0.717, 1.165) is 110 Å². The summed E-state index contributed by atoms with van der Waals surface area (Å²) in [6, 6.07) is 0. The van der Waals surface area contributed by atoms with Gasteiger partial charge in [-0.25, -0.2) is 9.59 Å². The van der Waals surface area contributed by atoms with E-state index in [0.29, 0.717) is 109 Å². The van der Waals surface area contributed by atoms with E-state index in [1.165, 1.54) is 56.1 Å². The molecule has 0 unspecified atom stereocenters. The van der Waals surface area contributed by atoms with Gasteiger partial charge >= 0.3 is 12.2 Å². The largest absolute Gasteiger partial charge is 0.446 e. The van der Waals surface area contributed by atoms with Crippen LogP contribution in [-0.2, 0) is 23.7 Å². The van der Waals surface area contributed by atoms with Gasteiger partial charge in [0, 0.05) is 84.1 Å². The van der Waals surface area contributed by atoms with Crippen molar-refractivity contribution in [3.63, 3.8) is 0 Å². The lowest BCUT2D eigenvalue weighted by Crippen LogP contribution is -2.52. The van der Waals surface area contributed by atoms with Crippen molar-refractivity contribution in [2.24, 2.45) is 92.7 Å². The fourth-order valence-corrected chi connectivity index (χ4v) is 20.6. The molecule has 11 aliphatic rings. The Balaban J connectivity index is 0.520. The Bertz CT molecular complexity index is 2040. The Labute approximate surface area is 464 Å². The minimum Gasteiger partial charge on any atom is -0.446 e. The van der Waals surface area contributed by atoms with Crippen molar-refractivity contribution in [2.75, 3.05) is 65.6 Å². The number of aliphatic hydroxyl groups excluding tert-OH is 1. The molecule has 434 valence electrons. The van der Waals surface area contributed by atoms with Crippen LogP contribution in [0.25, 0.3) is 0 Å². The molecule has 9 fully saturated rings. The molecule has 0 aromatic heterocycles. The molecule has 13 nitrogen and oxygen atoms in total. The van der Waals surface area contributed by atoms with E-state index in [1.54, 1.807) is 0 Å². The molecule has 22 atom stereocenters. The lowest BCUT2D eigenvalue weighted by Gasteiger charge is -2.58. The fraction of sp³-hybridized carbons (Fsp3) is 0.906. The van der Waals surface area contributed by atoms with Crippen molar-refractivity contribution in [3.8, 4) is 0 Å². The minimum absolute atomic E-state index is 0.0553. The molecule has 6 N–H and O–H groups in total. The molecule has 3 aliphatic heterocycles. The third kappa shape index (κ3) is 10.7. The monoisotopic (exact) mass is 1070 g/mol. The third-order valence-electron chi connectivity index (χ3n) is 24.8. The first-order valence-electron chi connectivity index (χ1n) is 32.0. The molecule has 0 aromatic rings. The Morgan fingerprint density at radius 2 is 1.17 bits per heavy atom. The van der Waals surface area contributed by atoms with E-state index < -0.39 is 0 Å². The predicted octanol–water partition coefficient (Wildman–Crippen LogP) is 10.3. The standard InChI is InChI=1S/C64H105N5O8/c1-39-9-14-54(73-37-39)41(3)56-53(70)35-51-47-12-10-43-33-45(16-20-60(43,5)49(47)18-22-62(51,56)7)75-58(71)68-31-29-66-27-25-65-26-28-67-30-32-69-59(72)76-46-17-21-61(6)44(34-46)11-13-48-50(61)19-23-63(8)52(48)36-55-57(63)42(4)64(77-55)24-15-40(2)38-74-64/h10-11,39-42,45-57,65-67,70H,9,12-38H2,1-8H3,(H,68,71)(H,69,72)/t39-,40-,41+,42-,45-,46-,47+,48+,49-,50-,51-,52-,53-,54+,55-,56-,57-,60-,61-,62-,63-,64-/m0/s1. The van der Waals surface area contributed by atoms with E-state index in [4.69, 9.17) is 23.7 Å². The van der Waals surface area contributed by atoms with Crippen molar-refractivity contribution in [1.29, 1.82) is 0 Å².